The summed E-state index contributed by atoms with van der Waals surface area (Å²) >= 11 is 0. The van der Waals surface area contributed by atoms with Gasteiger partial charge in [0.05, 0.1) is 14.2 Å². The molecule has 0 radical (unpaired) electrons. The van der Waals surface area contributed by atoms with Crippen LogP contribution in [0.2, 0.25) is 0 Å². The van der Waals surface area contributed by atoms with Gasteiger partial charge in [-0.15, -0.1) is 4.98 Å². The lowest BCUT2D eigenvalue weighted by Crippen LogP contribution is -2.12. The zero-order valence-corrected chi connectivity index (χ0v) is 10.5. The van der Waals surface area contributed by atoms with Crippen molar-refractivity contribution in [3.8, 4) is 23.5 Å². The van der Waals surface area contributed by atoms with Crippen LogP contribution in [-0.4, -0.2) is 29.2 Å². The van der Waals surface area contributed by atoms with Crippen molar-refractivity contribution < 1.29 is 14.2 Å². The van der Waals surface area contributed by atoms with Gasteiger partial charge in [0.25, 0.3) is 0 Å². The Hall–Kier alpha value is -2.61. The van der Waals surface area contributed by atoms with Crippen molar-refractivity contribution in [1.82, 2.24) is 15.0 Å². The van der Waals surface area contributed by atoms with Crippen molar-refractivity contribution in [3.05, 3.63) is 24.3 Å². The van der Waals surface area contributed by atoms with E-state index in [0.717, 1.165) is 0 Å². The second kappa shape index (κ2) is 5.83. The van der Waals surface area contributed by atoms with Crippen LogP contribution in [0.3, 0.4) is 0 Å². The summed E-state index contributed by atoms with van der Waals surface area (Å²) in [6, 6.07) is 7.19. The molecule has 1 aromatic heterocycles. The molecule has 0 aliphatic rings. The van der Waals surface area contributed by atoms with Crippen molar-refractivity contribution in [2.75, 3.05) is 19.6 Å². The summed E-state index contributed by atoms with van der Waals surface area (Å²) < 4.78 is 15.5. The number of methoxy groups -OCH3 is 2. The Morgan fingerprint density at radius 1 is 1.00 bits per heavy atom. The predicted molar refractivity (Wildman–Crippen MR) is 67.3 cm³/mol. The van der Waals surface area contributed by atoms with E-state index in [9.17, 15) is 0 Å². The topological polar surface area (TPSA) is 104 Å². The van der Waals surface area contributed by atoms with Gasteiger partial charge in [0.15, 0.2) is 0 Å². The normalized spacial score (nSPS) is 9.84. The molecule has 100 valence electrons. The molecule has 0 aliphatic carbocycles. The van der Waals surface area contributed by atoms with Crippen LogP contribution >= 0.6 is 0 Å². The highest BCUT2D eigenvalue weighted by atomic mass is 16.5. The maximum atomic E-state index is 5.49. The first-order valence-electron chi connectivity index (χ1n) is 5.33. The molecule has 0 unspecified atom stereocenters. The van der Waals surface area contributed by atoms with Crippen molar-refractivity contribution in [3.63, 3.8) is 0 Å². The first-order chi connectivity index (χ1) is 9.25. The fourth-order valence-corrected chi connectivity index (χ4v) is 1.31. The van der Waals surface area contributed by atoms with Crippen LogP contribution in [0.5, 0.6) is 23.5 Å². The summed E-state index contributed by atoms with van der Waals surface area (Å²) in [5.41, 5.74) is 2.30. The van der Waals surface area contributed by atoms with Crippen LogP contribution in [0.15, 0.2) is 24.3 Å². The van der Waals surface area contributed by atoms with Crippen LogP contribution in [-0.2, 0) is 0 Å². The van der Waals surface area contributed by atoms with E-state index in [0.29, 0.717) is 11.5 Å². The van der Waals surface area contributed by atoms with E-state index in [1.165, 1.54) is 7.11 Å². The standard InChI is InChI=1S/C11H13N5O3/c1-17-7-4-3-5-8(6-7)19-11-14-9(16-12)13-10(15-11)18-2/h3-6H,12H2,1-2H3,(H,13,14,15,16). The third-order valence-electron chi connectivity index (χ3n) is 2.16. The van der Waals surface area contributed by atoms with E-state index < -0.39 is 0 Å². The molecule has 0 amide bonds. The number of hydrogen-bond donors (Lipinski definition) is 2. The Labute approximate surface area is 109 Å². The highest BCUT2D eigenvalue weighted by Crippen LogP contribution is 2.24. The lowest BCUT2D eigenvalue weighted by atomic mass is 10.3. The zero-order chi connectivity index (χ0) is 13.7. The number of hydrogen-bond acceptors (Lipinski definition) is 8. The van der Waals surface area contributed by atoms with Gasteiger partial charge in [-0.2, -0.15) is 9.97 Å². The fraction of sp³-hybridized carbons (Fsp3) is 0.182. The Morgan fingerprint density at radius 2 is 1.74 bits per heavy atom. The molecule has 0 fully saturated rings. The van der Waals surface area contributed by atoms with Crippen molar-refractivity contribution >= 4 is 5.95 Å². The van der Waals surface area contributed by atoms with Gasteiger partial charge in [-0.25, -0.2) is 5.84 Å². The summed E-state index contributed by atoms with van der Waals surface area (Å²) in [5.74, 6) is 6.58. The monoisotopic (exact) mass is 263 g/mol. The fourth-order valence-electron chi connectivity index (χ4n) is 1.31. The molecule has 2 aromatic rings. The summed E-state index contributed by atoms with van der Waals surface area (Å²) in [7, 11) is 3.01. The highest BCUT2D eigenvalue weighted by molar-refractivity contribution is 5.35. The first kappa shape index (κ1) is 12.8. The molecule has 8 heteroatoms. The van der Waals surface area contributed by atoms with Gasteiger partial charge < -0.3 is 14.2 Å². The first-order valence-corrected chi connectivity index (χ1v) is 5.33. The molecule has 0 saturated carbocycles. The SMILES string of the molecule is COc1cccc(Oc2nc(NN)nc(OC)n2)c1. The zero-order valence-electron chi connectivity index (χ0n) is 10.5. The molecular weight excluding hydrogens is 250 g/mol. The molecule has 3 N–H and O–H groups in total. The third-order valence-corrected chi connectivity index (χ3v) is 2.16. The van der Waals surface area contributed by atoms with Crippen molar-refractivity contribution in [1.29, 1.82) is 0 Å². The second-order valence-electron chi connectivity index (χ2n) is 3.35. The maximum absolute atomic E-state index is 5.49. The molecular formula is C11H13N5O3. The van der Waals surface area contributed by atoms with Crippen LogP contribution < -0.4 is 25.5 Å². The second-order valence-corrected chi connectivity index (χ2v) is 3.35. The predicted octanol–water partition coefficient (Wildman–Crippen LogP) is 0.967. The van der Waals surface area contributed by atoms with Gasteiger partial charge in [-0.1, -0.05) is 6.07 Å². The van der Waals surface area contributed by atoms with E-state index in [2.05, 4.69) is 20.4 Å². The Bertz CT molecular complexity index is 542. The average molecular weight is 263 g/mol. The van der Waals surface area contributed by atoms with Gasteiger partial charge in [0, 0.05) is 6.07 Å². The molecule has 19 heavy (non-hydrogen) atoms. The number of aromatic nitrogens is 3. The molecule has 0 atom stereocenters. The van der Waals surface area contributed by atoms with E-state index in [-0.39, 0.29) is 18.0 Å². The van der Waals surface area contributed by atoms with Crippen LogP contribution in [0.1, 0.15) is 0 Å². The van der Waals surface area contributed by atoms with Gasteiger partial charge in [-0.05, 0) is 12.1 Å². The summed E-state index contributed by atoms with van der Waals surface area (Å²) in [6.45, 7) is 0. The van der Waals surface area contributed by atoms with Gasteiger partial charge in [0.1, 0.15) is 11.5 Å². The van der Waals surface area contributed by atoms with Crippen LogP contribution in [0, 0.1) is 0 Å². The molecule has 1 heterocycles. The number of benzene rings is 1. The largest absolute Gasteiger partial charge is 0.497 e. The Kier molecular flexibility index (Phi) is 3.94. The molecule has 0 spiro atoms. The van der Waals surface area contributed by atoms with Gasteiger partial charge in [-0.3, -0.25) is 5.43 Å². The minimum atomic E-state index is 0.0630. The molecule has 0 aliphatic heterocycles. The summed E-state index contributed by atoms with van der Waals surface area (Å²) in [5, 5.41) is 0. The minimum absolute atomic E-state index is 0.0630. The molecule has 1 aromatic carbocycles. The van der Waals surface area contributed by atoms with Crippen LogP contribution in [0.4, 0.5) is 5.95 Å². The van der Waals surface area contributed by atoms with Gasteiger partial charge in [0.2, 0.25) is 5.95 Å². The average Bonchev–Trinajstić information content (AvgIpc) is 2.47. The van der Waals surface area contributed by atoms with Gasteiger partial charge >= 0.3 is 12.0 Å². The number of nitrogens with two attached hydrogens (primary N) is 1. The lowest BCUT2D eigenvalue weighted by Gasteiger charge is -2.07. The number of hydrazine groups is 1. The number of ether oxygens (including phenoxy) is 3. The third kappa shape index (κ3) is 3.19. The van der Waals surface area contributed by atoms with E-state index in [1.807, 2.05) is 0 Å². The summed E-state index contributed by atoms with van der Waals surface area (Å²) in [4.78, 5) is 11.8. The highest BCUT2D eigenvalue weighted by Gasteiger charge is 2.08. The number of nitrogen functional groups attached to an aromatic ring is 1. The Balaban J connectivity index is 2.26. The summed E-state index contributed by atoms with van der Waals surface area (Å²) in [6.07, 6.45) is 0. The minimum Gasteiger partial charge on any atom is -0.497 e. The lowest BCUT2D eigenvalue weighted by molar-refractivity contribution is 0.359. The quantitative estimate of drug-likeness (QED) is 0.607. The Morgan fingerprint density at radius 3 is 2.42 bits per heavy atom. The number of nitrogens with zero attached hydrogens (tertiary/aromatic N) is 3. The molecule has 2 rings (SSSR count). The number of rotatable bonds is 5. The maximum Gasteiger partial charge on any atom is 0.330 e. The number of nitrogens with one attached hydrogen (secondary N) is 1. The molecule has 0 saturated heterocycles. The van der Waals surface area contributed by atoms with E-state index >= 15 is 0 Å². The number of anilines is 1. The van der Waals surface area contributed by atoms with Crippen molar-refractivity contribution in [2.45, 2.75) is 0 Å². The van der Waals surface area contributed by atoms with E-state index in [1.54, 1.807) is 31.4 Å². The molecule has 0 bridgehead atoms. The van der Waals surface area contributed by atoms with Crippen LogP contribution in [0.25, 0.3) is 0 Å². The smallest absolute Gasteiger partial charge is 0.330 e. The molecule has 8 nitrogen and oxygen atoms in total. The van der Waals surface area contributed by atoms with E-state index in [4.69, 9.17) is 20.1 Å². The van der Waals surface area contributed by atoms with Crippen molar-refractivity contribution in [2.24, 2.45) is 5.84 Å².